The molecule has 8 nitrogen and oxygen atoms in total. The van der Waals surface area contributed by atoms with Gasteiger partial charge in [-0.3, -0.25) is 19.7 Å². The molecule has 0 unspecified atom stereocenters. The van der Waals surface area contributed by atoms with Gasteiger partial charge < -0.3 is 5.11 Å². The number of hydrogen-bond acceptors (Lipinski definition) is 5. The molecule has 28 heavy (non-hydrogen) atoms. The predicted molar refractivity (Wildman–Crippen MR) is 95.1 cm³/mol. The van der Waals surface area contributed by atoms with Crippen molar-refractivity contribution < 1.29 is 28.8 Å². The highest BCUT2D eigenvalue weighted by Gasteiger charge is 2.36. The molecular weight excluding hydrogens is 371 g/mol. The van der Waals surface area contributed by atoms with Crippen molar-refractivity contribution >= 4 is 39.9 Å². The van der Waals surface area contributed by atoms with Crippen molar-refractivity contribution in [2.75, 3.05) is 4.90 Å². The van der Waals surface area contributed by atoms with E-state index in [4.69, 9.17) is 5.11 Å². The minimum absolute atomic E-state index is 0.0575. The number of anilines is 1. The third-order valence-electron chi connectivity index (χ3n) is 4.47. The molecule has 3 aromatic rings. The van der Waals surface area contributed by atoms with Crippen molar-refractivity contribution in [1.29, 1.82) is 0 Å². The lowest BCUT2D eigenvalue weighted by atomic mass is 9.93. The number of carboxylic acid groups (broad SMARTS) is 1. The van der Waals surface area contributed by atoms with Crippen LogP contribution < -0.4 is 4.90 Å². The van der Waals surface area contributed by atoms with Gasteiger partial charge in [0.05, 0.1) is 21.7 Å². The molecule has 9 heteroatoms. The van der Waals surface area contributed by atoms with Crippen LogP contribution in [0.4, 0.5) is 15.8 Å². The Morgan fingerprint density at radius 3 is 2.43 bits per heavy atom. The van der Waals surface area contributed by atoms with Crippen molar-refractivity contribution in [1.82, 2.24) is 0 Å². The quantitative estimate of drug-likeness (QED) is 0.423. The summed E-state index contributed by atoms with van der Waals surface area (Å²) < 4.78 is 14.4. The van der Waals surface area contributed by atoms with Crippen molar-refractivity contribution in [3.05, 3.63) is 81.2 Å². The van der Waals surface area contributed by atoms with E-state index in [2.05, 4.69) is 0 Å². The van der Waals surface area contributed by atoms with Crippen LogP contribution in [-0.4, -0.2) is 27.8 Å². The number of nitro groups is 1. The number of imide groups is 1. The van der Waals surface area contributed by atoms with Gasteiger partial charge in [-0.2, -0.15) is 0 Å². The maximum Gasteiger partial charge on any atom is 0.335 e. The summed E-state index contributed by atoms with van der Waals surface area (Å²) >= 11 is 0. The molecule has 0 aliphatic carbocycles. The van der Waals surface area contributed by atoms with E-state index in [1.165, 1.54) is 24.3 Å². The van der Waals surface area contributed by atoms with Crippen molar-refractivity contribution in [2.24, 2.45) is 0 Å². The lowest BCUT2D eigenvalue weighted by Crippen LogP contribution is -2.41. The van der Waals surface area contributed by atoms with Gasteiger partial charge in [-0.05, 0) is 29.7 Å². The van der Waals surface area contributed by atoms with Crippen LogP contribution in [0.2, 0.25) is 0 Å². The van der Waals surface area contributed by atoms with Crippen LogP contribution in [0.5, 0.6) is 0 Å². The van der Waals surface area contributed by atoms with Crippen molar-refractivity contribution in [3.8, 4) is 0 Å². The molecular formula is C19H9FN2O6. The fourth-order valence-corrected chi connectivity index (χ4v) is 3.23. The second kappa shape index (κ2) is 5.95. The monoisotopic (exact) mass is 380 g/mol. The SMILES string of the molecule is O=C(O)c1ccc(F)c(N2C(=O)c3cccc4cc([N+](=O)[O-])cc(c34)C2=O)c1. The van der Waals surface area contributed by atoms with E-state index < -0.39 is 34.2 Å². The average Bonchev–Trinajstić information content (AvgIpc) is 2.66. The molecule has 1 aliphatic heterocycles. The Balaban J connectivity index is 2.00. The zero-order chi connectivity index (χ0) is 20.2. The van der Waals surface area contributed by atoms with E-state index in [1.807, 2.05) is 0 Å². The van der Waals surface area contributed by atoms with E-state index in [0.29, 0.717) is 10.3 Å². The van der Waals surface area contributed by atoms with Gasteiger partial charge in [-0.25, -0.2) is 14.1 Å². The Morgan fingerprint density at radius 2 is 1.75 bits per heavy atom. The average molecular weight is 380 g/mol. The molecule has 0 aromatic heterocycles. The number of non-ortho nitro benzene ring substituents is 1. The van der Waals surface area contributed by atoms with Crippen LogP contribution >= 0.6 is 0 Å². The second-order valence-electron chi connectivity index (χ2n) is 6.07. The summed E-state index contributed by atoms with van der Waals surface area (Å²) in [6.07, 6.45) is 0. The van der Waals surface area contributed by atoms with Gasteiger partial charge in [-0.15, -0.1) is 0 Å². The lowest BCUT2D eigenvalue weighted by molar-refractivity contribution is -0.384. The number of rotatable bonds is 3. The zero-order valence-corrected chi connectivity index (χ0v) is 13.9. The molecule has 0 saturated heterocycles. The smallest absolute Gasteiger partial charge is 0.335 e. The van der Waals surface area contributed by atoms with E-state index in [9.17, 15) is 28.9 Å². The van der Waals surface area contributed by atoms with Crippen molar-refractivity contribution in [3.63, 3.8) is 0 Å². The Labute approximate surface area is 155 Å². The molecule has 2 amide bonds. The first-order valence-corrected chi connectivity index (χ1v) is 7.92. The van der Waals surface area contributed by atoms with Gasteiger partial charge in [0.1, 0.15) is 5.82 Å². The third kappa shape index (κ3) is 2.41. The molecule has 0 spiro atoms. The molecule has 0 saturated carbocycles. The van der Waals surface area contributed by atoms with Gasteiger partial charge in [0, 0.05) is 23.1 Å². The first kappa shape index (κ1) is 17.3. The Morgan fingerprint density at radius 1 is 1.04 bits per heavy atom. The predicted octanol–water partition coefficient (Wildman–Crippen LogP) is 3.39. The number of carboxylic acids is 1. The normalized spacial score (nSPS) is 13.1. The number of carbonyl (C=O) groups excluding carboxylic acids is 2. The Kier molecular flexibility index (Phi) is 3.67. The first-order valence-electron chi connectivity index (χ1n) is 7.92. The number of nitro benzene ring substituents is 1. The standard InChI is InChI=1S/C19H9FN2O6/c20-14-5-4-10(19(25)26)7-15(14)21-17(23)12-3-1-2-9-6-11(22(27)28)8-13(16(9)12)18(21)24/h1-8H,(H,25,26). The molecule has 0 fully saturated rings. The third-order valence-corrected chi connectivity index (χ3v) is 4.47. The summed E-state index contributed by atoms with van der Waals surface area (Å²) in [6.45, 7) is 0. The fraction of sp³-hybridized carbons (Fsp3) is 0. The minimum Gasteiger partial charge on any atom is -0.478 e. The van der Waals surface area contributed by atoms with Crippen LogP contribution in [0.25, 0.3) is 10.8 Å². The number of nitrogens with zero attached hydrogens (tertiary/aromatic N) is 2. The lowest BCUT2D eigenvalue weighted by Gasteiger charge is -2.27. The van der Waals surface area contributed by atoms with E-state index in [0.717, 1.165) is 24.3 Å². The topological polar surface area (TPSA) is 118 Å². The van der Waals surface area contributed by atoms with Gasteiger partial charge in [0.15, 0.2) is 0 Å². The highest BCUT2D eigenvalue weighted by atomic mass is 19.1. The summed E-state index contributed by atoms with van der Waals surface area (Å²) in [5.41, 5.74) is -1.30. The zero-order valence-electron chi connectivity index (χ0n) is 13.9. The van der Waals surface area contributed by atoms with Gasteiger partial charge in [-0.1, -0.05) is 12.1 Å². The summed E-state index contributed by atoms with van der Waals surface area (Å²) in [5.74, 6) is -4.17. The maximum absolute atomic E-state index is 14.4. The van der Waals surface area contributed by atoms with Crippen LogP contribution in [0, 0.1) is 15.9 Å². The number of hydrogen-bond donors (Lipinski definition) is 1. The minimum atomic E-state index is -1.36. The molecule has 1 heterocycles. The summed E-state index contributed by atoms with van der Waals surface area (Å²) in [5, 5.41) is 20.9. The van der Waals surface area contributed by atoms with Crippen LogP contribution in [-0.2, 0) is 0 Å². The molecule has 0 radical (unpaired) electrons. The summed E-state index contributed by atoms with van der Waals surface area (Å²) in [4.78, 5) is 48.1. The maximum atomic E-state index is 14.4. The largest absolute Gasteiger partial charge is 0.478 e. The summed E-state index contributed by atoms with van der Waals surface area (Å²) in [6, 6.07) is 9.39. The van der Waals surface area contributed by atoms with Crippen LogP contribution in [0.15, 0.2) is 48.5 Å². The highest BCUT2D eigenvalue weighted by molar-refractivity contribution is 6.36. The molecule has 0 bridgehead atoms. The Hall–Kier alpha value is -4.14. The fourth-order valence-electron chi connectivity index (χ4n) is 3.23. The number of amides is 2. The van der Waals surface area contributed by atoms with E-state index in [1.54, 1.807) is 0 Å². The van der Waals surface area contributed by atoms with Crippen LogP contribution in [0.3, 0.4) is 0 Å². The number of carbonyl (C=O) groups is 3. The van der Waals surface area contributed by atoms with E-state index in [-0.39, 0.29) is 27.8 Å². The van der Waals surface area contributed by atoms with Gasteiger partial charge in [0.25, 0.3) is 17.5 Å². The number of halogens is 1. The number of benzene rings is 3. The Bertz CT molecular complexity index is 1240. The van der Waals surface area contributed by atoms with Crippen LogP contribution in [0.1, 0.15) is 31.1 Å². The molecule has 1 N–H and O–H groups in total. The first-order chi connectivity index (χ1) is 13.3. The molecule has 1 aliphatic rings. The highest BCUT2D eigenvalue weighted by Crippen LogP contribution is 2.36. The second-order valence-corrected chi connectivity index (χ2v) is 6.07. The summed E-state index contributed by atoms with van der Waals surface area (Å²) in [7, 11) is 0. The van der Waals surface area contributed by atoms with Gasteiger partial charge in [0.2, 0.25) is 0 Å². The molecule has 4 rings (SSSR count). The van der Waals surface area contributed by atoms with Crippen molar-refractivity contribution in [2.45, 2.75) is 0 Å². The molecule has 138 valence electrons. The molecule has 3 aromatic carbocycles. The number of aromatic carboxylic acids is 1. The van der Waals surface area contributed by atoms with Gasteiger partial charge >= 0.3 is 5.97 Å². The van der Waals surface area contributed by atoms with E-state index >= 15 is 0 Å². The molecule has 0 atom stereocenters.